The van der Waals surface area contributed by atoms with Gasteiger partial charge < -0.3 is 10.6 Å². The Morgan fingerprint density at radius 2 is 2.05 bits per heavy atom. The Balaban J connectivity index is 2.28. The molecular formula is C13H10Cl2FN3O. The van der Waals surface area contributed by atoms with E-state index in [2.05, 4.69) is 15.6 Å². The number of carbonyl (C=O) groups is 1. The normalized spacial score (nSPS) is 10.2. The first kappa shape index (κ1) is 14.6. The Morgan fingerprint density at radius 1 is 1.30 bits per heavy atom. The van der Waals surface area contributed by atoms with Gasteiger partial charge in [0, 0.05) is 12.6 Å². The number of anilines is 2. The van der Waals surface area contributed by atoms with Gasteiger partial charge in [0.15, 0.2) is 5.82 Å². The van der Waals surface area contributed by atoms with Gasteiger partial charge in [0.2, 0.25) is 0 Å². The van der Waals surface area contributed by atoms with Crippen LogP contribution in [0.15, 0.2) is 30.3 Å². The van der Waals surface area contributed by atoms with Crippen LogP contribution in [0.3, 0.4) is 0 Å². The molecule has 0 spiro atoms. The zero-order valence-electron chi connectivity index (χ0n) is 10.4. The summed E-state index contributed by atoms with van der Waals surface area (Å²) in [6.07, 6.45) is 0. The first-order valence-corrected chi connectivity index (χ1v) is 6.37. The summed E-state index contributed by atoms with van der Waals surface area (Å²) in [4.78, 5) is 16.0. The molecule has 0 unspecified atom stereocenters. The van der Waals surface area contributed by atoms with E-state index in [1.165, 1.54) is 24.3 Å². The molecule has 1 aromatic heterocycles. The average molecular weight is 314 g/mol. The summed E-state index contributed by atoms with van der Waals surface area (Å²) in [5.41, 5.74) is 0.259. The number of aromatic nitrogens is 1. The van der Waals surface area contributed by atoms with Crippen molar-refractivity contribution in [3.05, 3.63) is 51.9 Å². The van der Waals surface area contributed by atoms with Crippen molar-refractivity contribution in [2.24, 2.45) is 0 Å². The summed E-state index contributed by atoms with van der Waals surface area (Å²) in [5.74, 6) is -0.752. The molecule has 2 aromatic rings. The van der Waals surface area contributed by atoms with Crippen molar-refractivity contribution in [1.82, 2.24) is 4.98 Å². The standard InChI is InChI=1S/C13H10Cl2FN3O/c1-17-11-6-7(5-10(15)19-11)13(20)18-9-4-2-3-8(14)12(9)16/h2-6H,1H3,(H,17,19)(H,18,20). The van der Waals surface area contributed by atoms with Crippen molar-refractivity contribution < 1.29 is 9.18 Å². The van der Waals surface area contributed by atoms with Crippen molar-refractivity contribution >= 4 is 40.6 Å². The Bertz CT molecular complexity index is 664. The lowest BCUT2D eigenvalue weighted by molar-refractivity contribution is 0.102. The van der Waals surface area contributed by atoms with Crippen LogP contribution in [-0.4, -0.2) is 17.9 Å². The fraction of sp³-hybridized carbons (Fsp3) is 0.0769. The number of carbonyl (C=O) groups excluding carboxylic acids is 1. The number of pyridine rings is 1. The van der Waals surface area contributed by atoms with Crippen LogP contribution in [0.1, 0.15) is 10.4 Å². The maximum Gasteiger partial charge on any atom is 0.255 e. The van der Waals surface area contributed by atoms with Crippen LogP contribution in [0.2, 0.25) is 10.2 Å². The Kier molecular flexibility index (Phi) is 4.42. The van der Waals surface area contributed by atoms with Gasteiger partial charge in [-0.05, 0) is 24.3 Å². The molecular weight excluding hydrogens is 304 g/mol. The van der Waals surface area contributed by atoms with Crippen molar-refractivity contribution in [3.63, 3.8) is 0 Å². The topological polar surface area (TPSA) is 54.0 Å². The molecule has 0 radical (unpaired) electrons. The number of nitrogens with one attached hydrogen (secondary N) is 2. The number of hydrogen-bond donors (Lipinski definition) is 2. The predicted octanol–water partition coefficient (Wildman–Crippen LogP) is 3.82. The number of benzene rings is 1. The lowest BCUT2D eigenvalue weighted by Crippen LogP contribution is -2.13. The van der Waals surface area contributed by atoms with Crippen LogP contribution >= 0.6 is 23.2 Å². The van der Waals surface area contributed by atoms with Gasteiger partial charge in [-0.25, -0.2) is 9.37 Å². The molecule has 20 heavy (non-hydrogen) atoms. The SMILES string of the molecule is CNc1cc(C(=O)Nc2cccc(Cl)c2F)cc(Cl)n1. The number of rotatable bonds is 3. The molecule has 2 rings (SSSR count). The molecule has 0 atom stereocenters. The van der Waals surface area contributed by atoms with Crippen LogP contribution in [0.4, 0.5) is 15.9 Å². The van der Waals surface area contributed by atoms with Gasteiger partial charge in [-0.2, -0.15) is 0 Å². The molecule has 1 aromatic carbocycles. The molecule has 104 valence electrons. The second-order valence-corrected chi connectivity index (χ2v) is 4.66. The van der Waals surface area contributed by atoms with E-state index >= 15 is 0 Å². The summed E-state index contributed by atoms with van der Waals surface area (Å²) < 4.78 is 13.7. The average Bonchev–Trinajstić information content (AvgIpc) is 2.43. The van der Waals surface area contributed by atoms with E-state index in [1.54, 1.807) is 13.1 Å². The Hall–Kier alpha value is -1.85. The summed E-state index contributed by atoms with van der Waals surface area (Å²) in [6, 6.07) is 7.25. The third-order valence-electron chi connectivity index (χ3n) is 2.51. The summed E-state index contributed by atoms with van der Waals surface area (Å²) in [7, 11) is 1.65. The maximum atomic E-state index is 13.7. The third kappa shape index (κ3) is 3.18. The van der Waals surface area contributed by atoms with Crippen molar-refractivity contribution in [2.75, 3.05) is 17.7 Å². The quantitative estimate of drug-likeness (QED) is 0.847. The molecule has 0 aliphatic carbocycles. The molecule has 0 saturated heterocycles. The lowest BCUT2D eigenvalue weighted by Gasteiger charge is -2.08. The molecule has 0 aliphatic heterocycles. The largest absolute Gasteiger partial charge is 0.373 e. The van der Waals surface area contributed by atoms with Crippen molar-refractivity contribution in [1.29, 1.82) is 0 Å². The van der Waals surface area contributed by atoms with Crippen LogP contribution < -0.4 is 10.6 Å². The van der Waals surface area contributed by atoms with E-state index in [4.69, 9.17) is 23.2 Å². The van der Waals surface area contributed by atoms with E-state index in [-0.39, 0.29) is 21.4 Å². The number of amides is 1. The predicted molar refractivity (Wildman–Crippen MR) is 78.2 cm³/mol. The fourth-order valence-corrected chi connectivity index (χ4v) is 1.93. The minimum absolute atomic E-state index is 0.00134. The van der Waals surface area contributed by atoms with Gasteiger partial charge in [-0.1, -0.05) is 29.3 Å². The maximum absolute atomic E-state index is 13.7. The summed E-state index contributed by atoms with van der Waals surface area (Å²) >= 11 is 11.5. The minimum Gasteiger partial charge on any atom is -0.373 e. The van der Waals surface area contributed by atoms with E-state index in [9.17, 15) is 9.18 Å². The molecule has 1 heterocycles. The van der Waals surface area contributed by atoms with E-state index < -0.39 is 11.7 Å². The van der Waals surface area contributed by atoms with Crippen LogP contribution in [0.5, 0.6) is 0 Å². The number of hydrogen-bond acceptors (Lipinski definition) is 3. The molecule has 2 N–H and O–H groups in total. The molecule has 0 bridgehead atoms. The monoisotopic (exact) mass is 313 g/mol. The summed E-state index contributed by atoms with van der Waals surface area (Å²) in [5, 5.41) is 5.31. The van der Waals surface area contributed by atoms with Gasteiger partial charge in [0.05, 0.1) is 10.7 Å². The van der Waals surface area contributed by atoms with E-state index in [0.717, 1.165) is 0 Å². The zero-order chi connectivity index (χ0) is 14.7. The third-order valence-corrected chi connectivity index (χ3v) is 3.00. The molecule has 4 nitrogen and oxygen atoms in total. The highest BCUT2D eigenvalue weighted by Crippen LogP contribution is 2.23. The van der Waals surface area contributed by atoms with Gasteiger partial charge in [0.25, 0.3) is 5.91 Å². The minimum atomic E-state index is -0.684. The smallest absolute Gasteiger partial charge is 0.255 e. The zero-order valence-corrected chi connectivity index (χ0v) is 11.9. The molecule has 0 saturated carbocycles. The first-order chi connectivity index (χ1) is 9.51. The van der Waals surface area contributed by atoms with Crippen molar-refractivity contribution in [3.8, 4) is 0 Å². The van der Waals surface area contributed by atoms with Crippen LogP contribution in [0.25, 0.3) is 0 Å². The van der Waals surface area contributed by atoms with Gasteiger partial charge >= 0.3 is 0 Å². The highest BCUT2D eigenvalue weighted by molar-refractivity contribution is 6.31. The lowest BCUT2D eigenvalue weighted by atomic mass is 10.2. The Labute approximate surface area is 124 Å². The van der Waals surface area contributed by atoms with Crippen LogP contribution in [0, 0.1) is 5.82 Å². The second kappa shape index (κ2) is 6.07. The van der Waals surface area contributed by atoms with E-state index in [1.807, 2.05) is 0 Å². The number of nitrogens with zero attached hydrogens (tertiary/aromatic N) is 1. The highest BCUT2D eigenvalue weighted by Gasteiger charge is 2.13. The Morgan fingerprint density at radius 3 is 2.75 bits per heavy atom. The fourth-order valence-electron chi connectivity index (χ4n) is 1.55. The van der Waals surface area contributed by atoms with Crippen LogP contribution in [-0.2, 0) is 0 Å². The second-order valence-electron chi connectivity index (χ2n) is 3.87. The molecule has 0 fully saturated rings. The van der Waals surface area contributed by atoms with Gasteiger partial charge in [-0.3, -0.25) is 4.79 Å². The number of halogens is 3. The van der Waals surface area contributed by atoms with Gasteiger partial charge in [0.1, 0.15) is 11.0 Å². The van der Waals surface area contributed by atoms with E-state index in [0.29, 0.717) is 5.82 Å². The van der Waals surface area contributed by atoms with Crippen molar-refractivity contribution in [2.45, 2.75) is 0 Å². The first-order valence-electron chi connectivity index (χ1n) is 5.62. The highest BCUT2D eigenvalue weighted by atomic mass is 35.5. The molecule has 0 aliphatic rings. The summed E-state index contributed by atoms with van der Waals surface area (Å²) in [6.45, 7) is 0. The molecule has 1 amide bonds. The van der Waals surface area contributed by atoms with Gasteiger partial charge in [-0.15, -0.1) is 0 Å². The molecule has 7 heteroatoms.